The summed E-state index contributed by atoms with van der Waals surface area (Å²) in [6.07, 6.45) is 6.05. The smallest absolute Gasteiger partial charge is 0.341 e. The number of thioether (sulfide) groups is 1. The number of nitrogens with one attached hydrogen (secondary N) is 1. The largest absolute Gasteiger partial charge is 0.465 e. The fraction of sp³-hybridized carbons (Fsp3) is 0.440. The lowest BCUT2D eigenvalue weighted by molar-refractivity contribution is -0.113. The molecule has 0 atom stereocenters. The number of thiophene rings is 1. The minimum Gasteiger partial charge on any atom is -0.465 e. The van der Waals surface area contributed by atoms with Crippen molar-refractivity contribution in [3.63, 3.8) is 0 Å². The Balaban J connectivity index is 1.48. The third-order valence-corrected chi connectivity index (χ3v) is 8.20. The quantitative estimate of drug-likeness (QED) is 0.331. The Hall–Kier alpha value is -2.65. The molecule has 4 rings (SSSR count). The summed E-state index contributed by atoms with van der Waals surface area (Å²) in [5, 5.41) is 14.7. The highest BCUT2D eigenvalue weighted by Crippen LogP contribution is 2.38. The molecule has 1 fully saturated rings. The van der Waals surface area contributed by atoms with E-state index in [4.69, 9.17) is 4.74 Å². The van der Waals surface area contributed by atoms with E-state index in [1.165, 1.54) is 49.5 Å². The first kappa shape index (κ1) is 24.5. The topological polar surface area (TPSA) is 86.1 Å². The van der Waals surface area contributed by atoms with Gasteiger partial charge in [-0.1, -0.05) is 54.8 Å². The Morgan fingerprint density at radius 3 is 2.68 bits per heavy atom. The molecule has 7 nitrogen and oxygen atoms in total. The Bertz CT molecular complexity index is 1190. The molecule has 2 heterocycles. The van der Waals surface area contributed by atoms with Crippen LogP contribution in [0.1, 0.15) is 65.3 Å². The first-order valence-electron chi connectivity index (χ1n) is 11.5. The molecule has 34 heavy (non-hydrogen) atoms. The SMILES string of the molecule is COC(=O)c1c(-c2cc(C)ccc2C)csc1NC(=O)CSc1nnc(C2CCCCC2)n1C. The van der Waals surface area contributed by atoms with Gasteiger partial charge in [0, 0.05) is 23.9 Å². The van der Waals surface area contributed by atoms with E-state index in [-0.39, 0.29) is 11.7 Å². The number of hydrogen-bond acceptors (Lipinski definition) is 7. The van der Waals surface area contributed by atoms with Gasteiger partial charge in [0.25, 0.3) is 0 Å². The molecule has 9 heteroatoms. The van der Waals surface area contributed by atoms with Crippen molar-refractivity contribution in [2.75, 3.05) is 18.2 Å². The highest BCUT2D eigenvalue weighted by molar-refractivity contribution is 7.99. The first-order chi connectivity index (χ1) is 16.4. The summed E-state index contributed by atoms with van der Waals surface area (Å²) in [7, 11) is 3.32. The van der Waals surface area contributed by atoms with Gasteiger partial charge in [0.2, 0.25) is 5.91 Å². The van der Waals surface area contributed by atoms with E-state index in [1.54, 1.807) is 0 Å². The number of esters is 1. The summed E-state index contributed by atoms with van der Waals surface area (Å²) in [6, 6.07) is 6.11. The van der Waals surface area contributed by atoms with Crippen LogP contribution < -0.4 is 5.32 Å². The second kappa shape index (κ2) is 10.7. The fourth-order valence-electron chi connectivity index (χ4n) is 4.44. The summed E-state index contributed by atoms with van der Waals surface area (Å²) in [5.74, 6) is 0.962. The van der Waals surface area contributed by atoms with Gasteiger partial charge in [-0.3, -0.25) is 4.79 Å². The number of hydrogen-bond donors (Lipinski definition) is 1. The molecule has 1 aliphatic rings. The van der Waals surface area contributed by atoms with E-state index >= 15 is 0 Å². The number of aromatic nitrogens is 3. The summed E-state index contributed by atoms with van der Waals surface area (Å²) in [4.78, 5) is 25.5. The number of anilines is 1. The minimum absolute atomic E-state index is 0.175. The molecule has 1 aliphatic carbocycles. The lowest BCUT2D eigenvalue weighted by Crippen LogP contribution is -2.16. The van der Waals surface area contributed by atoms with Crippen molar-refractivity contribution in [2.45, 2.75) is 57.0 Å². The van der Waals surface area contributed by atoms with Crippen molar-refractivity contribution in [3.05, 3.63) is 46.1 Å². The predicted octanol–water partition coefficient (Wildman–Crippen LogP) is 5.73. The lowest BCUT2D eigenvalue weighted by atomic mass is 9.89. The molecule has 0 bridgehead atoms. The summed E-state index contributed by atoms with van der Waals surface area (Å²) >= 11 is 2.68. The van der Waals surface area contributed by atoms with Gasteiger partial charge in [0.1, 0.15) is 16.4 Å². The average molecular weight is 499 g/mol. The fourth-order valence-corrected chi connectivity index (χ4v) is 6.12. The zero-order valence-electron chi connectivity index (χ0n) is 20.0. The van der Waals surface area contributed by atoms with E-state index in [0.29, 0.717) is 16.5 Å². The maximum absolute atomic E-state index is 12.8. The number of amides is 1. The third-order valence-electron chi connectivity index (χ3n) is 6.29. The van der Waals surface area contributed by atoms with E-state index in [2.05, 4.69) is 15.5 Å². The maximum atomic E-state index is 12.8. The predicted molar refractivity (Wildman–Crippen MR) is 137 cm³/mol. The van der Waals surface area contributed by atoms with E-state index in [0.717, 1.165) is 46.1 Å². The molecule has 0 unspecified atom stereocenters. The number of benzene rings is 1. The van der Waals surface area contributed by atoms with E-state index in [9.17, 15) is 9.59 Å². The molecule has 1 amide bonds. The first-order valence-corrected chi connectivity index (χ1v) is 13.3. The van der Waals surface area contributed by atoms with Crippen LogP contribution in [0.25, 0.3) is 11.1 Å². The van der Waals surface area contributed by atoms with Crippen LogP contribution in [-0.4, -0.2) is 39.5 Å². The van der Waals surface area contributed by atoms with Crippen molar-refractivity contribution >= 4 is 40.0 Å². The summed E-state index contributed by atoms with van der Waals surface area (Å²) in [6.45, 7) is 4.02. The van der Waals surface area contributed by atoms with Gasteiger partial charge in [-0.15, -0.1) is 21.5 Å². The maximum Gasteiger partial charge on any atom is 0.341 e. The highest BCUT2D eigenvalue weighted by atomic mass is 32.2. The second-order valence-electron chi connectivity index (χ2n) is 8.74. The van der Waals surface area contributed by atoms with Gasteiger partial charge in [-0.25, -0.2) is 4.79 Å². The van der Waals surface area contributed by atoms with Crippen LogP contribution in [0.2, 0.25) is 0 Å². The number of rotatable bonds is 7. The van der Waals surface area contributed by atoms with Gasteiger partial charge in [-0.05, 0) is 37.8 Å². The Morgan fingerprint density at radius 1 is 1.18 bits per heavy atom. The van der Waals surface area contributed by atoms with Crippen LogP contribution in [0.5, 0.6) is 0 Å². The number of nitrogens with zero attached hydrogens (tertiary/aromatic N) is 3. The van der Waals surface area contributed by atoms with Gasteiger partial charge in [0.05, 0.1) is 12.9 Å². The van der Waals surface area contributed by atoms with E-state index < -0.39 is 5.97 Å². The van der Waals surface area contributed by atoms with Gasteiger partial charge in [0.15, 0.2) is 5.16 Å². The zero-order valence-corrected chi connectivity index (χ0v) is 21.6. The molecular formula is C25H30N4O3S2. The molecule has 0 radical (unpaired) electrons. The molecule has 2 aromatic heterocycles. The van der Waals surface area contributed by atoms with Crippen molar-refractivity contribution in [1.82, 2.24) is 14.8 Å². The van der Waals surface area contributed by atoms with Gasteiger partial charge in [-0.2, -0.15) is 0 Å². The highest BCUT2D eigenvalue weighted by Gasteiger charge is 2.25. The molecule has 1 aromatic carbocycles. The molecule has 3 aromatic rings. The Kier molecular flexibility index (Phi) is 7.73. The minimum atomic E-state index is -0.467. The number of ether oxygens (including phenoxy) is 1. The van der Waals surface area contributed by atoms with Crippen LogP contribution in [0.3, 0.4) is 0 Å². The summed E-state index contributed by atoms with van der Waals surface area (Å²) < 4.78 is 7.06. The standard InChI is InChI=1S/C25H30N4O3S2/c1-15-10-11-16(2)18(12-15)19-13-33-23(21(19)24(31)32-4)26-20(30)14-34-25-28-27-22(29(25)3)17-8-6-5-7-9-17/h10-13,17H,5-9,14H2,1-4H3,(H,26,30). The number of aryl methyl sites for hydroxylation is 2. The van der Waals surface area contributed by atoms with Crippen molar-refractivity contribution < 1.29 is 14.3 Å². The van der Waals surface area contributed by atoms with Crippen LogP contribution in [-0.2, 0) is 16.6 Å². The van der Waals surface area contributed by atoms with E-state index in [1.807, 2.05) is 49.0 Å². The molecule has 1 saturated carbocycles. The normalized spacial score (nSPS) is 14.2. The molecule has 1 N–H and O–H groups in total. The number of methoxy groups -OCH3 is 1. The van der Waals surface area contributed by atoms with Gasteiger partial charge < -0.3 is 14.6 Å². The van der Waals surface area contributed by atoms with Crippen LogP contribution in [0.4, 0.5) is 5.00 Å². The van der Waals surface area contributed by atoms with Crippen molar-refractivity contribution in [3.8, 4) is 11.1 Å². The molecule has 0 aliphatic heterocycles. The summed E-state index contributed by atoms with van der Waals surface area (Å²) in [5.41, 5.74) is 4.27. The number of carbonyl (C=O) groups is 2. The molecule has 0 spiro atoms. The second-order valence-corrected chi connectivity index (χ2v) is 10.6. The third kappa shape index (κ3) is 5.20. The van der Waals surface area contributed by atoms with Crippen LogP contribution >= 0.6 is 23.1 Å². The van der Waals surface area contributed by atoms with Crippen molar-refractivity contribution in [2.24, 2.45) is 7.05 Å². The lowest BCUT2D eigenvalue weighted by Gasteiger charge is -2.20. The molecule has 180 valence electrons. The zero-order chi connectivity index (χ0) is 24.2. The average Bonchev–Trinajstić information content (AvgIpc) is 3.42. The Morgan fingerprint density at radius 2 is 1.94 bits per heavy atom. The monoisotopic (exact) mass is 498 g/mol. The molecular weight excluding hydrogens is 468 g/mol. The van der Waals surface area contributed by atoms with Gasteiger partial charge >= 0.3 is 5.97 Å². The van der Waals surface area contributed by atoms with Crippen LogP contribution in [0.15, 0.2) is 28.7 Å². The van der Waals surface area contributed by atoms with Crippen molar-refractivity contribution in [1.29, 1.82) is 0 Å². The van der Waals surface area contributed by atoms with Crippen LogP contribution in [0, 0.1) is 13.8 Å². The Labute approximate surface area is 208 Å². The number of carbonyl (C=O) groups excluding carboxylic acids is 2. The molecule has 0 saturated heterocycles.